The predicted octanol–water partition coefficient (Wildman–Crippen LogP) is 4.31. The highest BCUT2D eigenvalue weighted by molar-refractivity contribution is 5.36. The van der Waals surface area contributed by atoms with E-state index in [1.165, 1.54) is 32.1 Å². The minimum atomic E-state index is 0.612. The molecule has 0 aromatic heterocycles. The Morgan fingerprint density at radius 1 is 1.33 bits per heavy atom. The van der Waals surface area contributed by atoms with E-state index in [2.05, 4.69) is 27.7 Å². The summed E-state index contributed by atoms with van der Waals surface area (Å²) in [6, 6.07) is 0. The lowest BCUT2D eigenvalue weighted by atomic mass is 10.00. The van der Waals surface area contributed by atoms with Gasteiger partial charge in [0.1, 0.15) is 0 Å². The zero-order chi connectivity index (χ0) is 9.19. The largest absolute Gasteiger partial charge is 0.0707 e. The van der Waals surface area contributed by atoms with Gasteiger partial charge in [0, 0.05) is 0 Å². The lowest BCUT2D eigenvalue weighted by molar-refractivity contribution is 0.576. The van der Waals surface area contributed by atoms with Gasteiger partial charge in [-0.1, -0.05) is 45.3 Å². The fraction of sp³-hybridized carbons (Fsp3) is 0.833. The summed E-state index contributed by atoms with van der Waals surface area (Å²) in [7, 11) is 0. The van der Waals surface area contributed by atoms with E-state index in [9.17, 15) is 0 Å². The SMILES string of the molecule is CCCC(CC)=C1CC1(C)CC. The van der Waals surface area contributed by atoms with E-state index in [4.69, 9.17) is 0 Å². The van der Waals surface area contributed by atoms with Gasteiger partial charge in [-0.05, 0) is 31.1 Å². The van der Waals surface area contributed by atoms with Crippen molar-refractivity contribution in [3.8, 4) is 0 Å². The van der Waals surface area contributed by atoms with Crippen molar-refractivity contribution in [2.75, 3.05) is 0 Å². The van der Waals surface area contributed by atoms with Crippen LogP contribution in [-0.4, -0.2) is 0 Å². The van der Waals surface area contributed by atoms with Crippen LogP contribution in [0.1, 0.15) is 59.8 Å². The summed E-state index contributed by atoms with van der Waals surface area (Å²) in [6.45, 7) is 9.30. The summed E-state index contributed by atoms with van der Waals surface area (Å²) in [5, 5.41) is 0. The Morgan fingerprint density at radius 3 is 2.33 bits per heavy atom. The highest BCUT2D eigenvalue weighted by Crippen LogP contribution is 2.56. The van der Waals surface area contributed by atoms with Crippen LogP contribution >= 0.6 is 0 Å². The van der Waals surface area contributed by atoms with Crippen molar-refractivity contribution in [3.05, 3.63) is 11.1 Å². The molecular formula is C12H22. The molecule has 1 rings (SSSR count). The van der Waals surface area contributed by atoms with Crippen molar-refractivity contribution >= 4 is 0 Å². The van der Waals surface area contributed by atoms with Gasteiger partial charge < -0.3 is 0 Å². The van der Waals surface area contributed by atoms with Crippen LogP contribution in [-0.2, 0) is 0 Å². The van der Waals surface area contributed by atoms with Crippen LogP contribution in [0, 0.1) is 5.41 Å². The first kappa shape index (κ1) is 9.83. The van der Waals surface area contributed by atoms with Gasteiger partial charge in [0.05, 0.1) is 0 Å². The average Bonchev–Trinajstić information content (AvgIpc) is 2.75. The van der Waals surface area contributed by atoms with E-state index in [1.54, 1.807) is 11.1 Å². The van der Waals surface area contributed by atoms with E-state index < -0.39 is 0 Å². The third-order valence-corrected chi connectivity index (χ3v) is 3.36. The first-order chi connectivity index (χ1) is 5.68. The van der Waals surface area contributed by atoms with Crippen molar-refractivity contribution in [3.63, 3.8) is 0 Å². The Hall–Kier alpha value is -0.260. The summed E-state index contributed by atoms with van der Waals surface area (Å²) in [4.78, 5) is 0. The minimum Gasteiger partial charge on any atom is -0.0707 e. The Balaban J connectivity index is 2.65. The van der Waals surface area contributed by atoms with Crippen molar-refractivity contribution in [2.45, 2.75) is 59.8 Å². The van der Waals surface area contributed by atoms with Crippen LogP contribution < -0.4 is 0 Å². The van der Waals surface area contributed by atoms with Crippen LogP contribution in [0.4, 0.5) is 0 Å². The molecule has 0 amide bonds. The molecule has 0 saturated heterocycles. The van der Waals surface area contributed by atoms with E-state index in [1.807, 2.05) is 0 Å². The average molecular weight is 166 g/mol. The number of rotatable bonds is 4. The third-order valence-electron chi connectivity index (χ3n) is 3.36. The predicted molar refractivity (Wildman–Crippen MR) is 55.2 cm³/mol. The molecule has 0 N–H and O–H groups in total. The molecule has 0 spiro atoms. The maximum Gasteiger partial charge on any atom is -0.00786 e. The van der Waals surface area contributed by atoms with Crippen LogP contribution in [0.3, 0.4) is 0 Å². The van der Waals surface area contributed by atoms with Gasteiger partial charge in [-0.25, -0.2) is 0 Å². The van der Waals surface area contributed by atoms with E-state index in [0.29, 0.717) is 5.41 Å². The van der Waals surface area contributed by atoms with E-state index in [-0.39, 0.29) is 0 Å². The number of hydrogen-bond acceptors (Lipinski definition) is 0. The first-order valence-corrected chi connectivity index (χ1v) is 5.39. The summed E-state index contributed by atoms with van der Waals surface area (Å²) in [5.41, 5.74) is 4.15. The zero-order valence-electron chi connectivity index (χ0n) is 9.04. The molecule has 0 aromatic carbocycles. The van der Waals surface area contributed by atoms with Gasteiger partial charge in [-0.15, -0.1) is 0 Å². The monoisotopic (exact) mass is 166 g/mol. The topological polar surface area (TPSA) is 0 Å². The van der Waals surface area contributed by atoms with Gasteiger partial charge in [0.25, 0.3) is 0 Å². The van der Waals surface area contributed by atoms with Crippen LogP contribution in [0.5, 0.6) is 0 Å². The second-order valence-corrected chi connectivity index (χ2v) is 4.28. The second-order valence-electron chi connectivity index (χ2n) is 4.28. The molecule has 1 atom stereocenters. The highest BCUT2D eigenvalue weighted by Gasteiger charge is 2.43. The summed E-state index contributed by atoms with van der Waals surface area (Å²) >= 11 is 0. The zero-order valence-corrected chi connectivity index (χ0v) is 9.04. The first-order valence-electron chi connectivity index (χ1n) is 5.39. The molecule has 0 aliphatic heterocycles. The Labute approximate surface area is 77.1 Å². The molecule has 0 heterocycles. The normalized spacial score (nSPS) is 32.0. The Bertz CT molecular complexity index is 184. The molecule has 1 unspecified atom stereocenters. The van der Waals surface area contributed by atoms with Crippen LogP contribution in [0.15, 0.2) is 11.1 Å². The molecule has 0 nitrogen and oxygen atoms in total. The fourth-order valence-electron chi connectivity index (χ4n) is 2.08. The summed E-state index contributed by atoms with van der Waals surface area (Å²) < 4.78 is 0. The smallest absolute Gasteiger partial charge is 0.00786 e. The second kappa shape index (κ2) is 3.64. The number of allylic oxidation sites excluding steroid dienone is 2. The highest BCUT2D eigenvalue weighted by atomic mass is 14.5. The Morgan fingerprint density at radius 2 is 2.00 bits per heavy atom. The van der Waals surface area contributed by atoms with Gasteiger partial charge in [0.15, 0.2) is 0 Å². The lowest BCUT2D eigenvalue weighted by Crippen LogP contribution is -1.91. The molecule has 1 fully saturated rings. The standard InChI is InChI=1S/C12H22/c1-5-8-10(6-2)11-9-12(11,4)7-3/h5-9H2,1-4H3. The molecule has 0 heteroatoms. The summed E-state index contributed by atoms with van der Waals surface area (Å²) in [6.07, 6.45) is 6.63. The molecule has 12 heavy (non-hydrogen) atoms. The molecule has 70 valence electrons. The van der Waals surface area contributed by atoms with Gasteiger partial charge in [0.2, 0.25) is 0 Å². The molecule has 1 saturated carbocycles. The maximum atomic E-state index is 2.41. The molecular weight excluding hydrogens is 144 g/mol. The molecule has 0 aromatic rings. The van der Waals surface area contributed by atoms with Crippen molar-refractivity contribution < 1.29 is 0 Å². The molecule has 0 bridgehead atoms. The number of hydrogen-bond donors (Lipinski definition) is 0. The fourth-order valence-corrected chi connectivity index (χ4v) is 2.08. The van der Waals surface area contributed by atoms with Gasteiger partial charge in [-0.3, -0.25) is 0 Å². The van der Waals surface area contributed by atoms with E-state index in [0.717, 1.165) is 0 Å². The van der Waals surface area contributed by atoms with E-state index >= 15 is 0 Å². The summed E-state index contributed by atoms with van der Waals surface area (Å²) in [5.74, 6) is 0. The van der Waals surface area contributed by atoms with Crippen LogP contribution in [0.2, 0.25) is 0 Å². The molecule has 1 aliphatic carbocycles. The minimum absolute atomic E-state index is 0.612. The lowest BCUT2D eigenvalue weighted by Gasteiger charge is -2.06. The molecule has 0 radical (unpaired) electrons. The van der Waals surface area contributed by atoms with Crippen molar-refractivity contribution in [1.29, 1.82) is 0 Å². The molecule has 1 aliphatic rings. The third kappa shape index (κ3) is 1.73. The van der Waals surface area contributed by atoms with Gasteiger partial charge >= 0.3 is 0 Å². The van der Waals surface area contributed by atoms with Crippen molar-refractivity contribution in [1.82, 2.24) is 0 Å². The quantitative estimate of drug-likeness (QED) is 0.546. The van der Waals surface area contributed by atoms with Gasteiger partial charge in [-0.2, -0.15) is 0 Å². The van der Waals surface area contributed by atoms with Crippen LogP contribution in [0.25, 0.3) is 0 Å². The maximum absolute atomic E-state index is 2.41. The van der Waals surface area contributed by atoms with Crippen molar-refractivity contribution in [2.24, 2.45) is 5.41 Å². The Kier molecular flexibility index (Phi) is 2.98.